The SMILES string of the molecule is Cn1nc(-c2cnc3[nH]cc(C(=O)NC4(C)CNC4)c3n2)c2ccc(F)cc21.O=C(O)C(F)(F)F. The zero-order valence-electron chi connectivity index (χ0n) is 18.4. The van der Waals surface area contributed by atoms with Gasteiger partial charge in [-0.2, -0.15) is 18.3 Å². The number of aliphatic carboxylic acids is 1. The molecule has 1 fully saturated rings. The maximum atomic E-state index is 13.6. The van der Waals surface area contributed by atoms with E-state index in [1.807, 2.05) is 6.92 Å². The average molecular weight is 493 g/mol. The van der Waals surface area contributed by atoms with Crippen LogP contribution in [0.3, 0.4) is 0 Å². The number of amides is 1. The number of nitrogens with zero attached hydrogens (tertiary/aromatic N) is 4. The van der Waals surface area contributed by atoms with E-state index >= 15 is 0 Å². The summed E-state index contributed by atoms with van der Waals surface area (Å²) < 4.78 is 46.9. The minimum Gasteiger partial charge on any atom is -0.475 e. The standard InChI is InChI=1S/C19H18FN7O.C2HF3O2/c1-19(8-21-9-19)25-18(28)12-6-22-17-16(12)24-13(7-23-17)15-11-4-3-10(20)5-14(11)27(2)26-15;3-2(4,5)1(6)7/h3-7,21H,8-9H2,1-2H3,(H,22,23)(H,25,28);(H,6,7). The van der Waals surface area contributed by atoms with Gasteiger partial charge in [0.25, 0.3) is 5.91 Å². The first-order valence-corrected chi connectivity index (χ1v) is 10.2. The predicted octanol–water partition coefficient (Wildman–Crippen LogP) is 2.38. The molecule has 0 spiro atoms. The fraction of sp³-hybridized carbons (Fsp3) is 0.286. The largest absolute Gasteiger partial charge is 0.490 e. The van der Waals surface area contributed by atoms with Crippen LogP contribution in [0.5, 0.6) is 0 Å². The number of aryl methyl sites for hydroxylation is 1. The second-order valence-electron chi connectivity index (χ2n) is 8.21. The van der Waals surface area contributed by atoms with Crippen LogP contribution in [0, 0.1) is 5.82 Å². The Labute approximate surface area is 194 Å². The van der Waals surface area contributed by atoms with Crippen LogP contribution in [0.2, 0.25) is 0 Å². The molecule has 184 valence electrons. The molecule has 1 aliphatic rings. The van der Waals surface area contributed by atoms with Crippen LogP contribution in [-0.4, -0.2) is 66.5 Å². The molecule has 35 heavy (non-hydrogen) atoms. The van der Waals surface area contributed by atoms with E-state index < -0.39 is 12.1 Å². The van der Waals surface area contributed by atoms with Crippen LogP contribution in [-0.2, 0) is 11.8 Å². The summed E-state index contributed by atoms with van der Waals surface area (Å²) in [5.74, 6) is -3.28. The van der Waals surface area contributed by atoms with Gasteiger partial charge in [-0.15, -0.1) is 0 Å². The lowest BCUT2D eigenvalue weighted by Gasteiger charge is -2.39. The molecular weight excluding hydrogens is 474 g/mol. The molecule has 1 amide bonds. The third-order valence-electron chi connectivity index (χ3n) is 5.37. The van der Waals surface area contributed by atoms with Gasteiger partial charge in [0.15, 0.2) is 5.65 Å². The number of hydrogen-bond acceptors (Lipinski definition) is 6. The van der Waals surface area contributed by atoms with Crippen LogP contribution < -0.4 is 10.6 Å². The lowest BCUT2D eigenvalue weighted by molar-refractivity contribution is -0.192. The minimum atomic E-state index is -5.08. The van der Waals surface area contributed by atoms with Gasteiger partial charge in [0.05, 0.1) is 22.8 Å². The monoisotopic (exact) mass is 493 g/mol. The highest BCUT2D eigenvalue weighted by Gasteiger charge is 2.38. The molecule has 4 N–H and O–H groups in total. The van der Waals surface area contributed by atoms with Gasteiger partial charge in [0.2, 0.25) is 0 Å². The maximum absolute atomic E-state index is 13.6. The molecule has 0 saturated carbocycles. The second-order valence-corrected chi connectivity index (χ2v) is 8.21. The topological polar surface area (TPSA) is 138 Å². The summed E-state index contributed by atoms with van der Waals surface area (Å²) in [6.45, 7) is 3.45. The van der Waals surface area contributed by atoms with Crippen molar-refractivity contribution >= 4 is 33.9 Å². The Balaban J connectivity index is 0.000000364. The summed E-state index contributed by atoms with van der Waals surface area (Å²) in [6.07, 6.45) is -1.87. The number of alkyl halides is 3. The summed E-state index contributed by atoms with van der Waals surface area (Å²) in [5, 5.41) is 18.6. The highest BCUT2D eigenvalue weighted by molar-refractivity contribution is 6.05. The normalized spacial score (nSPS) is 14.8. The Morgan fingerprint density at radius 2 is 1.94 bits per heavy atom. The van der Waals surface area contributed by atoms with Gasteiger partial charge in [0, 0.05) is 31.7 Å². The number of halogens is 4. The first kappa shape index (κ1) is 24.1. The highest BCUT2D eigenvalue weighted by atomic mass is 19.4. The number of carboxylic acids is 1. The number of hydrogen-bond donors (Lipinski definition) is 4. The molecule has 4 aromatic rings. The third-order valence-corrected chi connectivity index (χ3v) is 5.37. The van der Waals surface area contributed by atoms with Crippen molar-refractivity contribution < 1.29 is 32.3 Å². The summed E-state index contributed by atoms with van der Waals surface area (Å²) in [7, 11) is 1.75. The molecule has 1 aromatic carbocycles. The van der Waals surface area contributed by atoms with Crippen molar-refractivity contribution in [3.63, 3.8) is 0 Å². The lowest BCUT2D eigenvalue weighted by atomic mass is 9.95. The van der Waals surface area contributed by atoms with E-state index in [0.717, 1.165) is 18.5 Å². The van der Waals surface area contributed by atoms with Crippen LogP contribution >= 0.6 is 0 Å². The lowest BCUT2D eigenvalue weighted by Crippen LogP contribution is -2.67. The molecule has 1 saturated heterocycles. The van der Waals surface area contributed by atoms with Gasteiger partial charge in [-0.25, -0.2) is 19.2 Å². The molecule has 14 heteroatoms. The Morgan fingerprint density at radius 1 is 1.26 bits per heavy atom. The number of fused-ring (bicyclic) bond motifs is 2. The fourth-order valence-electron chi connectivity index (χ4n) is 3.53. The summed E-state index contributed by atoms with van der Waals surface area (Å²) >= 11 is 0. The Hall–Kier alpha value is -4.07. The number of nitrogens with one attached hydrogen (secondary N) is 3. The number of aromatic nitrogens is 5. The molecule has 0 atom stereocenters. The van der Waals surface area contributed by atoms with Crippen LogP contribution in [0.4, 0.5) is 17.6 Å². The first-order chi connectivity index (χ1) is 16.4. The number of benzene rings is 1. The van der Waals surface area contributed by atoms with Crippen molar-refractivity contribution in [2.24, 2.45) is 7.05 Å². The summed E-state index contributed by atoms with van der Waals surface area (Å²) in [6, 6.07) is 4.50. The van der Waals surface area contributed by atoms with E-state index in [0.29, 0.717) is 33.6 Å². The van der Waals surface area contributed by atoms with Gasteiger partial charge < -0.3 is 20.7 Å². The molecule has 0 bridgehead atoms. The van der Waals surface area contributed by atoms with Crippen LogP contribution in [0.15, 0.2) is 30.6 Å². The Kier molecular flexibility index (Phi) is 5.92. The van der Waals surface area contributed by atoms with Crippen LogP contribution in [0.1, 0.15) is 17.3 Å². The number of carbonyl (C=O) groups excluding carboxylic acids is 1. The first-order valence-electron chi connectivity index (χ1n) is 10.2. The number of aromatic amines is 1. The molecular formula is C21H19F4N7O3. The van der Waals surface area contributed by atoms with Crippen molar-refractivity contribution in [1.29, 1.82) is 0 Å². The van der Waals surface area contributed by atoms with Crippen LogP contribution in [0.25, 0.3) is 33.5 Å². The third kappa shape index (κ3) is 4.77. The number of rotatable bonds is 3. The molecule has 0 aliphatic carbocycles. The molecule has 1 aliphatic heterocycles. The fourth-order valence-corrected chi connectivity index (χ4v) is 3.53. The van der Waals surface area contributed by atoms with E-state index in [2.05, 4.69) is 30.7 Å². The number of carboxylic acid groups (broad SMARTS) is 1. The van der Waals surface area contributed by atoms with Gasteiger partial charge >= 0.3 is 12.1 Å². The smallest absolute Gasteiger partial charge is 0.475 e. The second kappa shape index (κ2) is 8.61. The van der Waals surface area contributed by atoms with Gasteiger partial charge in [0.1, 0.15) is 22.7 Å². The molecule has 0 unspecified atom stereocenters. The summed E-state index contributed by atoms with van der Waals surface area (Å²) in [4.78, 5) is 33.7. The minimum absolute atomic E-state index is 0.199. The van der Waals surface area contributed by atoms with Crippen molar-refractivity contribution in [3.05, 3.63) is 42.0 Å². The predicted molar refractivity (Wildman–Crippen MR) is 116 cm³/mol. The number of H-pyrrole nitrogens is 1. The van der Waals surface area contributed by atoms with Gasteiger partial charge in [-0.05, 0) is 25.1 Å². The maximum Gasteiger partial charge on any atom is 0.490 e. The highest BCUT2D eigenvalue weighted by Crippen LogP contribution is 2.28. The van der Waals surface area contributed by atoms with Crippen molar-refractivity contribution in [2.75, 3.05) is 13.1 Å². The van der Waals surface area contributed by atoms with E-state index in [1.54, 1.807) is 30.2 Å². The van der Waals surface area contributed by atoms with Crippen molar-refractivity contribution in [2.45, 2.75) is 18.6 Å². The van der Waals surface area contributed by atoms with Crippen molar-refractivity contribution in [3.8, 4) is 11.4 Å². The average Bonchev–Trinajstić information content (AvgIpc) is 3.33. The Bertz CT molecular complexity index is 1440. The van der Waals surface area contributed by atoms with Gasteiger partial charge in [-0.1, -0.05) is 0 Å². The zero-order valence-corrected chi connectivity index (χ0v) is 18.4. The molecule has 3 aromatic heterocycles. The zero-order chi connectivity index (χ0) is 25.5. The molecule has 4 heterocycles. The molecule has 10 nitrogen and oxygen atoms in total. The Morgan fingerprint density at radius 3 is 2.54 bits per heavy atom. The van der Waals surface area contributed by atoms with Gasteiger partial charge in [-0.3, -0.25) is 9.48 Å². The quantitative estimate of drug-likeness (QED) is 0.322. The van der Waals surface area contributed by atoms with E-state index in [1.165, 1.54) is 12.1 Å². The summed E-state index contributed by atoms with van der Waals surface area (Å²) in [5.41, 5.74) is 2.96. The molecule has 0 radical (unpaired) electrons. The van der Waals surface area contributed by atoms with E-state index in [4.69, 9.17) is 9.90 Å². The molecule has 5 rings (SSSR count). The number of carbonyl (C=O) groups is 2. The van der Waals surface area contributed by atoms with Crippen molar-refractivity contribution in [1.82, 2.24) is 35.4 Å². The van der Waals surface area contributed by atoms with E-state index in [-0.39, 0.29) is 17.3 Å². The van der Waals surface area contributed by atoms with E-state index in [9.17, 15) is 22.4 Å².